The SMILES string of the molecule is CCOc1cc(/C=C2/C(=O)N(C)C(=S)N2C)ccc1OCC(=O)O. The molecule has 0 saturated carbocycles. The van der Waals surface area contributed by atoms with Gasteiger partial charge in [0.2, 0.25) is 0 Å². The lowest BCUT2D eigenvalue weighted by atomic mass is 10.1. The summed E-state index contributed by atoms with van der Waals surface area (Å²) in [5.41, 5.74) is 1.17. The van der Waals surface area contributed by atoms with E-state index in [-0.39, 0.29) is 5.91 Å². The zero-order chi connectivity index (χ0) is 17.9. The second-order valence-corrected chi connectivity index (χ2v) is 5.42. The highest BCUT2D eigenvalue weighted by atomic mass is 32.1. The first kappa shape index (κ1) is 17.7. The van der Waals surface area contributed by atoms with Crippen LogP contribution in [0.2, 0.25) is 0 Å². The van der Waals surface area contributed by atoms with Crippen LogP contribution in [0.4, 0.5) is 0 Å². The molecule has 0 aromatic heterocycles. The van der Waals surface area contributed by atoms with Gasteiger partial charge in [-0.05, 0) is 42.9 Å². The van der Waals surface area contributed by atoms with Gasteiger partial charge in [-0.15, -0.1) is 0 Å². The molecule has 128 valence electrons. The van der Waals surface area contributed by atoms with Crippen LogP contribution in [-0.4, -0.2) is 59.2 Å². The number of amides is 1. The molecule has 0 spiro atoms. The minimum atomic E-state index is -1.07. The number of hydrogen-bond donors (Lipinski definition) is 1. The van der Waals surface area contributed by atoms with E-state index in [0.29, 0.717) is 28.9 Å². The van der Waals surface area contributed by atoms with Crippen LogP contribution in [0.15, 0.2) is 23.9 Å². The van der Waals surface area contributed by atoms with Crippen molar-refractivity contribution in [3.63, 3.8) is 0 Å². The van der Waals surface area contributed by atoms with Crippen LogP contribution in [-0.2, 0) is 9.59 Å². The van der Waals surface area contributed by atoms with Crippen LogP contribution >= 0.6 is 12.2 Å². The highest BCUT2D eigenvalue weighted by molar-refractivity contribution is 7.80. The highest BCUT2D eigenvalue weighted by Crippen LogP contribution is 2.30. The standard InChI is InChI=1S/C16H18N2O5S/c1-4-22-13-8-10(5-6-12(13)23-9-14(19)20)7-11-15(21)18(3)16(24)17(11)2/h5-8H,4,9H2,1-3H3,(H,19,20)/b11-7-. The number of nitrogens with zero attached hydrogens (tertiary/aromatic N) is 2. The van der Waals surface area contributed by atoms with Crippen LogP contribution in [0.5, 0.6) is 11.5 Å². The van der Waals surface area contributed by atoms with Gasteiger partial charge in [0.25, 0.3) is 5.91 Å². The summed E-state index contributed by atoms with van der Waals surface area (Å²) in [6.07, 6.45) is 1.70. The van der Waals surface area contributed by atoms with Crippen molar-refractivity contribution in [2.24, 2.45) is 0 Å². The maximum absolute atomic E-state index is 12.2. The van der Waals surface area contributed by atoms with Crippen molar-refractivity contribution in [3.05, 3.63) is 29.5 Å². The topological polar surface area (TPSA) is 79.3 Å². The Kier molecular flexibility index (Phi) is 5.40. The van der Waals surface area contributed by atoms with Crippen LogP contribution in [0.3, 0.4) is 0 Å². The number of ether oxygens (including phenoxy) is 2. The molecule has 0 radical (unpaired) electrons. The molecule has 0 bridgehead atoms. The molecule has 1 aliphatic rings. The third-order valence-electron chi connectivity index (χ3n) is 3.38. The van der Waals surface area contributed by atoms with E-state index in [2.05, 4.69) is 0 Å². The van der Waals surface area contributed by atoms with Gasteiger partial charge in [0.1, 0.15) is 5.70 Å². The van der Waals surface area contributed by atoms with E-state index < -0.39 is 12.6 Å². The predicted molar refractivity (Wildman–Crippen MR) is 91.8 cm³/mol. The van der Waals surface area contributed by atoms with E-state index in [0.717, 1.165) is 5.56 Å². The molecular weight excluding hydrogens is 332 g/mol. The van der Waals surface area contributed by atoms with Crippen LogP contribution in [0.25, 0.3) is 6.08 Å². The zero-order valence-corrected chi connectivity index (χ0v) is 14.4. The van der Waals surface area contributed by atoms with Gasteiger partial charge in [-0.1, -0.05) is 6.07 Å². The molecule has 1 heterocycles. The summed E-state index contributed by atoms with van der Waals surface area (Å²) < 4.78 is 10.7. The fraction of sp³-hybridized carbons (Fsp3) is 0.312. The molecule has 2 rings (SSSR count). The van der Waals surface area contributed by atoms with E-state index in [1.54, 1.807) is 43.3 Å². The highest BCUT2D eigenvalue weighted by Gasteiger charge is 2.32. The van der Waals surface area contributed by atoms with Crippen molar-refractivity contribution in [1.82, 2.24) is 9.80 Å². The maximum atomic E-state index is 12.2. The van der Waals surface area contributed by atoms with E-state index >= 15 is 0 Å². The first-order chi connectivity index (χ1) is 11.3. The smallest absolute Gasteiger partial charge is 0.341 e. The number of thiocarbonyl (C=S) groups is 1. The molecule has 1 aromatic carbocycles. The number of carboxylic acid groups (broad SMARTS) is 1. The molecule has 1 amide bonds. The number of likely N-dealkylation sites (N-methyl/N-ethyl adjacent to an activating group) is 2. The lowest BCUT2D eigenvalue weighted by Crippen LogP contribution is -2.26. The van der Waals surface area contributed by atoms with E-state index in [1.165, 1.54) is 4.90 Å². The lowest BCUT2D eigenvalue weighted by molar-refractivity contribution is -0.139. The number of carboxylic acids is 1. The van der Waals surface area contributed by atoms with Crippen LogP contribution < -0.4 is 9.47 Å². The van der Waals surface area contributed by atoms with Gasteiger partial charge < -0.3 is 19.5 Å². The average Bonchev–Trinajstić information content (AvgIpc) is 2.72. The third-order valence-corrected chi connectivity index (χ3v) is 3.93. The second kappa shape index (κ2) is 7.31. The van der Waals surface area contributed by atoms with Gasteiger partial charge in [-0.3, -0.25) is 9.69 Å². The number of benzene rings is 1. The molecule has 1 N–H and O–H groups in total. The van der Waals surface area contributed by atoms with Crippen molar-refractivity contribution >= 4 is 35.3 Å². The van der Waals surface area contributed by atoms with E-state index in [9.17, 15) is 9.59 Å². The molecule has 0 aliphatic carbocycles. The summed E-state index contributed by atoms with van der Waals surface area (Å²) in [6.45, 7) is 1.75. The van der Waals surface area contributed by atoms with Gasteiger partial charge in [0, 0.05) is 14.1 Å². The lowest BCUT2D eigenvalue weighted by Gasteiger charge is -2.13. The van der Waals surface area contributed by atoms with Crippen molar-refractivity contribution in [2.45, 2.75) is 6.92 Å². The van der Waals surface area contributed by atoms with E-state index in [1.807, 2.05) is 6.92 Å². The fourth-order valence-electron chi connectivity index (χ4n) is 2.19. The Bertz CT molecular complexity index is 716. The summed E-state index contributed by atoms with van der Waals surface area (Å²) in [4.78, 5) is 25.9. The maximum Gasteiger partial charge on any atom is 0.341 e. The number of carbonyl (C=O) groups is 2. The number of rotatable bonds is 6. The monoisotopic (exact) mass is 350 g/mol. The van der Waals surface area contributed by atoms with Crippen molar-refractivity contribution in [3.8, 4) is 11.5 Å². The average molecular weight is 350 g/mol. The summed E-state index contributed by atoms with van der Waals surface area (Å²) in [5.74, 6) is -0.512. The minimum absolute atomic E-state index is 0.188. The number of hydrogen-bond acceptors (Lipinski definition) is 5. The van der Waals surface area contributed by atoms with Gasteiger partial charge in [-0.25, -0.2) is 4.79 Å². The van der Waals surface area contributed by atoms with Crippen molar-refractivity contribution in [2.75, 3.05) is 27.3 Å². The number of aliphatic carboxylic acids is 1. The normalized spacial score (nSPS) is 16.0. The largest absolute Gasteiger partial charge is 0.490 e. The fourth-order valence-corrected chi connectivity index (χ4v) is 2.37. The van der Waals surface area contributed by atoms with Gasteiger partial charge in [0.15, 0.2) is 23.2 Å². The van der Waals surface area contributed by atoms with Crippen molar-refractivity contribution < 1.29 is 24.2 Å². The quantitative estimate of drug-likeness (QED) is 0.616. The molecule has 0 atom stereocenters. The molecule has 1 aliphatic heterocycles. The molecule has 7 nitrogen and oxygen atoms in total. The van der Waals surface area contributed by atoms with Gasteiger partial charge in [-0.2, -0.15) is 0 Å². The molecule has 0 unspecified atom stereocenters. The minimum Gasteiger partial charge on any atom is -0.490 e. The molecule has 1 saturated heterocycles. The molecule has 8 heteroatoms. The molecule has 24 heavy (non-hydrogen) atoms. The predicted octanol–water partition coefficient (Wildman–Crippen LogP) is 1.58. The summed E-state index contributed by atoms with van der Waals surface area (Å²) >= 11 is 5.17. The first-order valence-corrected chi connectivity index (χ1v) is 7.64. The molecule has 1 aromatic rings. The number of carbonyl (C=O) groups excluding carboxylic acids is 1. The van der Waals surface area contributed by atoms with E-state index in [4.69, 9.17) is 26.8 Å². The Labute approximate surface area is 145 Å². The summed E-state index contributed by atoms with van der Waals surface area (Å²) in [7, 11) is 3.35. The molecule has 1 fully saturated rings. The Morgan fingerprint density at radius 1 is 1.25 bits per heavy atom. The Morgan fingerprint density at radius 3 is 2.50 bits per heavy atom. The zero-order valence-electron chi connectivity index (χ0n) is 13.6. The van der Waals surface area contributed by atoms with Crippen LogP contribution in [0.1, 0.15) is 12.5 Å². The summed E-state index contributed by atoms with van der Waals surface area (Å²) in [6, 6.07) is 5.02. The van der Waals surface area contributed by atoms with Crippen molar-refractivity contribution in [1.29, 1.82) is 0 Å². The summed E-state index contributed by atoms with van der Waals surface area (Å²) in [5, 5.41) is 9.14. The Hall–Kier alpha value is -2.61. The van der Waals surface area contributed by atoms with Crippen LogP contribution in [0, 0.1) is 0 Å². The van der Waals surface area contributed by atoms with Gasteiger partial charge >= 0.3 is 5.97 Å². The third kappa shape index (κ3) is 3.65. The Balaban J connectivity index is 2.33. The molecular formula is C16H18N2O5S. The second-order valence-electron chi connectivity index (χ2n) is 5.06. The first-order valence-electron chi connectivity index (χ1n) is 7.24. The van der Waals surface area contributed by atoms with Gasteiger partial charge in [0.05, 0.1) is 6.61 Å². The Morgan fingerprint density at radius 2 is 1.96 bits per heavy atom.